The molecule has 3 nitrogen and oxygen atoms in total. The summed E-state index contributed by atoms with van der Waals surface area (Å²) in [4.78, 5) is 5.86. The van der Waals surface area contributed by atoms with Gasteiger partial charge in [0.25, 0.3) is 0 Å². The summed E-state index contributed by atoms with van der Waals surface area (Å²) in [5, 5.41) is 8.51. The molecule has 0 bridgehead atoms. The SMILES string of the molecule is C/N=C(/CCO)N(C)C. The zero-order valence-electron chi connectivity index (χ0n) is 6.26. The summed E-state index contributed by atoms with van der Waals surface area (Å²) in [6.45, 7) is 0.171. The standard InChI is InChI=1S/C6H14N2O/c1-7-6(4-5-9)8(2)3/h9H,4-5H2,1-3H3/b7-6-. The van der Waals surface area contributed by atoms with E-state index in [9.17, 15) is 0 Å². The van der Waals surface area contributed by atoms with E-state index in [1.807, 2.05) is 19.0 Å². The first-order chi connectivity index (χ1) is 4.22. The fourth-order valence-electron chi connectivity index (χ4n) is 0.635. The average Bonchev–Trinajstić information content (AvgIpc) is 1.82. The molecule has 0 aliphatic heterocycles. The molecule has 0 unspecified atom stereocenters. The number of hydrogen-bond acceptors (Lipinski definition) is 2. The van der Waals surface area contributed by atoms with E-state index in [4.69, 9.17) is 5.11 Å². The Morgan fingerprint density at radius 2 is 2.11 bits per heavy atom. The van der Waals surface area contributed by atoms with E-state index in [0.717, 1.165) is 5.84 Å². The van der Waals surface area contributed by atoms with Gasteiger partial charge >= 0.3 is 0 Å². The number of aliphatic hydroxyl groups is 1. The smallest absolute Gasteiger partial charge is 0.100 e. The van der Waals surface area contributed by atoms with Gasteiger partial charge in [0.2, 0.25) is 0 Å². The summed E-state index contributed by atoms with van der Waals surface area (Å²) in [5.74, 6) is 0.928. The van der Waals surface area contributed by atoms with Crippen LogP contribution in [0.2, 0.25) is 0 Å². The highest BCUT2D eigenvalue weighted by Crippen LogP contribution is 1.87. The van der Waals surface area contributed by atoms with E-state index >= 15 is 0 Å². The van der Waals surface area contributed by atoms with Crippen molar-refractivity contribution >= 4 is 5.84 Å². The summed E-state index contributed by atoms with van der Waals surface area (Å²) in [6.07, 6.45) is 0.642. The predicted molar refractivity (Wildman–Crippen MR) is 38.7 cm³/mol. The highest BCUT2D eigenvalue weighted by atomic mass is 16.3. The Morgan fingerprint density at radius 1 is 1.56 bits per heavy atom. The normalized spacial score (nSPS) is 11.8. The molecule has 0 aliphatic carbocycles. The van der Waals surface area contributed by atoms with Crippen LogP contribution in [0.3, 0.4) is 0 Å². The van der Waals surface area contributed by atoms with E-state index in [2.05, 4.69) is 4.99 Å². The van der Waals surface area contributed by atoms with Crippen molar-refractivity contribution in [1.29, 1.82) is 0 Å². The quantitative estimate of drug-likeness (QED) is 0.420. The maximum atomic E-state index is 8.51. The van der Waals surface area contributed by atoms with Crippen LogP contribution in [-0.2, 0) is 0 Å². The molecule has 0 aliphatic rings. The molecule has 1 N–H and O–H groups in total. The molecule has 54 valence electrons. The average molecular weight is 130 g/mol. The van der Waals surface area contributed by atoms with Crippen LogP contribution in [0.5, 0.6) is 0 Å². The fourth-order valence-corrected chi connectivity index (χ4v) is 0.635. The first kappa shape index (κ1) is 8.43. The Balaban J connectivity index is 3.70. The molecule has 0 spiro atoms. The zero-order valence-corrected chi connectivity index (χ0v) is 6.26. The van der Waals surface area contributed by atoms with Gasteiger partial charge in [-0.3, -0.25) is 4.99 Å². The summed E-state index contributed by atoms with van der Waals surface area (Å²) < 4.78 is 0. The molecule has 0 amide bonds. The van der Waals surface area contributed by atoms with Crippen molar-refractivity contribution in [2.45, 2.75) is 6.42 Å². The molecule has 0 aromatic carbocycles. The minimum Gasteiger partial charge on any atom is -0.396 e. The van der Waals surface area contributed by atoms with Crippen LogP contribution in [0, 0.1) is 0 Å². The Morgan fingerprint density at radius 3 is 2.22 bits per heavy atom. The van der Waals surface area contributed by atoms with Crippen molar-refractivity contribution in [2.24, 2.45) is 4.99 Å². The molecule has 0 atom stereocenters. The lowest BCUT2D eigenvalue weighted by atomic mass is 10.4. The van der Waals surface area contributed by atoms with E-state index in [0.29, 0.717) is 6.42 Å². The highest BCUT2D eigenvalue weighted by molar-refractivity contribution is 5.81. The number of rotatable bonds is 2. The third kappa shape index (κ3) is 3.08. The lowest BCUT2D eigenvalue weighted by Gasteiger charge is -2.13. The molecule has 0 radical (unpaired) electrons. The summed E-state index contributed by atoms with van der Waals surface area (Å²) in [5.41, 5.74) is 0. The van der Waals surface area contributed by atoms with Crippen molar-refractivity contribution in [3.8, 4) is 0 Å². The van der Waals surface area contributed by atoms with Gasteiger partial charge in [-0.2, -0.15) is 0 Å². The third-order valence-electron chi connectivity index (χ3n) is 1.11. The summed E-state index contributed by atoms with van der Waals surface area (Å²) in [7, 11) is 5.56. The summed E-state index contributed by atoms with van der Waals surface area (Å²) in [6, 6.07) is 0. The van der Waals surface area contributed by atoms with Gasteiger partial charge in [0, 0.05) is 27.6 Å². The van der Waals surface area contributed by atoms with Crippen molar-refractivity contribution < 1.29 is 5.11 Å². The number of amidine groups is 1. The molecule has 3 heteroatoms. The number of nitrogens with zero attached hydrogens (tertiary/aromatic N) is 2. The van der Waals surface area contributed by atoms with E-state index in [1.54, 1.807) is 7.05 Å². The van der Waals surface area contributed by atoms with Gasteiger partial charge in [0.1, 0.15) is 5.84 Å². The monoisotopic (exact) mass is 130 g/mol. The van der Waals surface area contributed by atoms with E-state index < -0.39 is 0 Å². The third-order valence-corrected chi connectivity index (χ3v) is 1.11. The number of aliphatic imine (C=N–C) groups is 1. The molecule has 9 heavy (non-hydrogen) atoms. The Hall–Kier alpha value is -0.570. The molecular formula is C6H14N2O. The van der Waals surface area contributed by atoms with Gasteiger partial charge < -0.3 is 10.0 Å². The maximum absolute atomic E-state index is 8.51. The lowest BCUT2D eigenvalue weighted by molar-refractivity contribution is 0.302. The topological polar surface area (TPSA) is 35.8 Å². The van der Waals surface area contributed by atoms with Crippen LogP contribution in [0.4, 0.5) is 0 Å². The molecule has 0 fully saturated rings. The Bertz CT molecular complexity index is 99.2. The van der Waals surface area contributed by atoms with Crippen LogP contribution in [-0.4, -0.2) is 43.6 Å². The van der Waals surface area contributed by atoms with Gasteiger partial charge in [0.05, 0.1) is 6.61 Å². The van der Waals surface area contributed by atoms with Crippen molar-refractivity contribution in [3.05, 3.63) is 0 Å². The second kappa shape index (κ2) is 4.32. The minimum absolute atomic E-state index is 0.171. The van der Waals surface area contributed by atoms with Gasteiger partial charge in [-0.25, -0.2) is 0 Å². The van der Waals surface area contributed by atoms with Gasteiger partial charge in [0.15, 0.2) is 0 Å². The lowest BCUT2D eigenvalue weighted by Crippen LogP contribution is -2.22. The molecular weight excluding hydrogens is 116 g/mol. The van der Waals surface area contributed by atoms with Crippen LogP contribution in [0.25, 0.3) is 0 Å². The van der Waals surface area contributed by atoms with Crippen LogP contribution in [0.15, 0.2) is 4.99 Å². The van der Waals surface area contributed by atoms with Gasteiger partial charge in [-0.1, -0.05) is 0 Å². The Labute approximate surface area is 56.0 Å². The molecule has 0 saturated carbocycles. The van der Waals surface area contributed by atoms with Gasteiger partial charge in [-0.05, 0) is 0 Å². The first-order valence-corrected chi connectivity index (χ1v) is 2.96. The molecule has 0 heterocycles. The second-order valence-corrected chi connectivity index (χ2v) is 2.01. The largest absolute Gasteiger partial charge is 0.396 e. The van der Waals surface area contributed by atoms with Crippen LogP contribution < -0.4 is 0 Å². The fraction of sp³-hybridized carbons (Fsp3) is 0.833. The van der Waals surface area contributed by atoms with Crippen LogP contribution in [0.1, 0.15) is 6.42 Å². The zero-order chi connectivity index (χ0) is 7.28. The van der Waals surface area contributed by atoms with Crippen molar-refractivity contribution in [2.75, 3.05) is 27.7 Å². The number of hydrogen-bond donors (Lipinski definition) is 1. The summed E-state index contributed by atoms with van der Waals surface area (Å²) >= 11 is 0. The predicted octanol–water partition coefficient (Wildman–Crippen LogP) is -0.0413. The van der Waals surface area contributed by atoms with Crippen molar-refractivity contribution in [1.82, 2.24) is 4.90 Å². The van der Waals surface area contributed by atoms with Crippen LogP contribution >= 0.6 is 0 Å². The van der Waals surface area contributed by atoms with Gasteiger partial charge in [-0.15, -0.1) is 0 Å². The van der Waals surface area contributed by atoms with Crippen molar-refractivity contribution in [3.63, 3.8) is 0 Å². The van der Waals surface area contributed by atoms with E-state index in [-0.39, 0.29) is 6.61 Å². The highest BCUT2D eigenvalue weighted by Gasteiger charge is 1.96. The first-order valence-electron chi connectivity index (χ1n) is 2.96. The minimum atomic E-state index is 0.171. The molecule has 0 rings (SSSR count). The van der Waals surface area contributed by atoms with E-state index in [1.165, 1.54) is 0 Å². The molecule has 0 aromatic rings. The number of aliphatic hydroxyl groups excluding tert-OH is 1. The second-order valence-electron chi connectivity index (χ2n) is 2.01. The molecule has 0 saturated heterocycles. The molecule has 0 aromatic heterocycles. The maximum Gasteiger partial charge on any atom is 0.100 e. The Kier molecular flexibility index (Phi) is 4.05.